The van der Waals surface area contributed by atoms with Crippen LogP contribution in [0.2, 0.25) is 0 Å². The second-order valence-electron chi connectivity index (χ2n) is 4.99. The molecule has 0 spiro atoms. The number of pyridine rings is 1. The van der Waals surface area contributed by atoms with Crippen LogP contribution in [0.15, 0.2) is 18.3 Å². The summed E-state index contributed by atoms with van der Waals surface area (Å²) in [5.74, 6) is -0.321. The number of nitrogens with two attached hydrogens (primary N) is 1. The van der Waals surface area contributed by atoms with E-state index in [1.807, 2.05) is 0 Å². The van der Waals surface area contributed by atoms with Crippen LogP contribution in [0, 0.1) is 0 Å². The molecule has 0 saturated carbocycles. The highest BCUT2D eigenvalue weighted by atomic mass is 16.5. The third-order valence-electron chi connectivity index (χ3n) is 3.26. The van der Waals surface area contributed by atoms with Gasteiger partial charge in [0, 0.05) is 18.8 Å². The summed E-state index contributed by atoms with van der Waals surface area (Å²) in [4.78, 5) is 29.8. The highest BCUT2D eigenvalue weighted by molar-refractivity contribution is 5.88. The molecule has 1 fully saturated rings. The molecule has 1 aliphatic heterocycles. The number of nitrogens with one attached hydrogen (secondary N) is 1. The average Bonchev–Trinajstić information content (AvgIpc) is 2.49. The summed E-state index contributed by atoms with van der Waals surface area (Å²) in [6.45, 7) is 3.91. The Bertz CT molecular complexity index is 497. The van der Waals surface area contributed by atoms with Crippen molar-refractivity contribution in [1.29, 1.82) is 0 Å². The minimum atomic E-state index is -0.551. The molecule has 1 aliphatic rings. The number of nitrogen functional groups attached to an aromatic ring is 1. The Morgan fingerprint density at radius 1 is 1.43 bits per heavy atom. The first kappa shape index (κ1) is 15.2. The zero-order valence-corrected chi connectivity index (χ0v) is 12.0. The fraction of sp³-hybridized carbons (Fsp3) is 0.500. The molecule has 21 heavy (non-hydrogen) atoms. The van der Waals surface area contributed by atoms with Gasteiger partial charge < -0.3 is 20.7 Å². The SMILES string of the molecule is CC(NC(=O)Cc1ccc(N)cn1)C(=O)N1CCOCC1. The van der Waals surface area contributed by atoms with Crippen LogP contribution in [0.25, 0.3) is 0 Å². The number of rotatable bonds is 4. The van der Waals surface area contributed by atoms with Crippen LogP contribution in [0.4, 0.5) is 5.69 Å². The zero-order chi connectivity index (χ0) is 15.2. The van der Waals surface area contributed by atoms with Crippen molar-refractivity contribution in [3.8, 4) is 0 Å². The maximum absolute atomic E-state index is 12.2. The van der Waals surface area contributed by atoms with E-state index in [1.54, 1.807) is 24.0 Å². The van der Waals surface area contributed by atoms with Gasteiger partial charge in [-0.15, -0.1) is 0 Å². The number of aromatic nitrogens is 1. The molecular formula is C14H20N4O3. The van der Waals surface area contributed by atoms with Gasteiger partial charge in [-0.05, 0) is 19.1 Å². The third kappa shape index (κ3) is 4.42. The molecule has 0 aromatic carbocycles. The summed E-state index contributed by atoms with van der Waals surface area (Å²) >= 11 is 0. The first-order chi connectivity index (χ1) is 10.1. The first-order valence-electron chi connectivity index (χ1n) is 6.92. The van der Waals surface area contributed by atoms with E-state index in [4.69, 9.17) is 10.5 Å². The van der Waals surface area contributed by atoms with Gasteiger partial charge in [0.25, 0.3) is 0 Å². The van der Waals surface area contributed by atoms with E-state index in [1.165, 1.54) is 6.20 Å². The first-order valence-corrected chi connectivity index (χ1v) is 6.92. The van der Waals surface area contributed by atoms with Crippen molar-refractivity contribution >= 4 is 17.5 Å². The molecule has 7 heteroatoms. The van der Waals surface area contributed by atoms with E-state index in [9.17, 15) is 9.59 Å². The van der Waals surface area contributed by atoms with Gasteiger partial charge in [-0.1, -0.05) is 0 Å². The molecule has 1 unspecified atom stereocenters. The van der Waals surface area contributed by atoms with Crippen LogP contribution in [-0.4, -0.2) is 54.0 Å². The topological polar surface area (TPSA) is 97.6 Å². The summed E-state index contributed by atoms with van der Waals surface area (Å²) in [5, 5.41) is 2.70. The largest absolute Gasteiger partial charge is 0.397 e. The number of anilines is 1. The second-order valence-corrected chi connectivity index (χ2v) is 4.99. The molecule has 1 aromatic heterocycles. The molecule has 1 aromatic rings. The number of hydrogen-bond donors (Lipinski definition) is 2. The molecule has 7 nitrogen and oxygen atoms in total. The smallest absolute Gasteiger partial charge is 0.245 e. The highest BCUT2D eigenvalue weighted by Crippen LogP contribution is 2.03. The number of hydrogen-bond acceptors (Lipinski definition) is 5. The summed E-state index contributed by atoms with van der Waals surface area (Å²) < 4.78 is 5.20. The van der Waals surface area contributed by atoms with Gasteiger partial charge in [-0.25, -0.2) is 0 Å². The number of carbonyl (C=O) groups is 2. The summed E-state index contributed by atoms with van der Waals surface area (Å²) in [7, 11) is 0. The maximum Gasteiger partial charge on any atom is 0.245 e. The van der Waals surface area contributed by atoms with Gasteiger partial charge in [0.15, 0.2) is 0 Å². The quantitative estimate of drug-likeness (QED) is 0.785. The van der Waals surface area contributed by atoms with Crippen LogP contribution >= 0.6 is 0 Å². The van der Waals surface area contributed by atoms with Crippen molar-refractivity contribution in [3.05, 3.63) is 24.0 Å². The van der Waals surface area contributed by atoms with Gasteiger partial charge in [-0.2, -0.15) is 0 Å². The molecule has 2 amide bonds. The Labute approximate surface area is 123 Å². The van der Waals surface area contributed by atoms with Crippen molar-refractivity contribution in [2.75, 3.05) is 32.0 Å². The van der Waals surface area contributed by atoms with Crippen LogP contribution in [0.1, 0.15) is 12.6 Å². The van der Waals surface area contributed by atoms with E-state index in [2.05, 4.69) is 10.3 Å². The predicted octanol–water partition coefficient (Wildman–Crippen LogP) is -0.430. The Balaban J connectivity index is 1.83. The lowest BCUT2D eigenvalue weighted by atomic mass is 10.2. The predicted molar refractivity (Wildman–Crippen MR) is 77.4 cm³/mol. The molecule has 2 heterocycles. The van der Waals surface area contributed by atoms with E-state index in [0.717, 1.165) is 0 Å². The highest BCUT2D eigenvalue weighted by Gasteiger charge is 2.23. The lowest BCUT2D eigenvalue weighted by Crippen LogP contribution is -2.50. The maximum atomic E-state index is 12.2. The number of carbonyl (C=O) groups excluding carboxylic acids is 2. The Kier molecular flexibility index (Phi) is 5.10. The fourth-order valence-corrected chi connectivity index (χ4v) is 2.12. The van der Waals surface area contributed by atoms with Gasteiger partial charge >= 0.3 is 0 Å². The summed E-state index contributed by atoms with van der Waals surface area (Å²) in [6, 6.07) is 2.84. The lowest BCUT2D eigenvalue weighted by molar-refractivity contribution is -0.139. The van der Waals surface area contributed by atoms with Crippen molar-refractivity contribution in [1.82, 2.24) is 15.2 Å². The number of ether oxygens (including phenoxy) is 1. The van der Waals surface area contributed by atoms with E-state index in [0.29, 0.717) is 37.7 Å². The fourth-order valence-electron chi connectivity index (χ4n) is 2.12. The second kappa shape index (κ2) is 7.03. The minimum absolute atomic E-state index is 0.0862. The molecule has 2 rings (SSSR count). The monoisotopic (exact) mass is 292 g/mol. The molecule has 1 atom stereocenters. The lowest BCUT2D eigenvalue weighted by Gasteiger charge is -2.29. The Morgan fingerprint density at radius 3 is 2.76 bits per heavy atom. The standard InChI is InChI=1S/C14H20N4O3/c1-10(14(20)18-4-6-21-7-5-18)17-13(19)8-12-3-2-11(15)9-16-12/h2-3,9-10H,4-8,15H2,1H3,(H,17,19). The molecule has 114 valence electrons. The average molecular weight is 292 g/mol. The van der Waals surface area contributed by atoms with Crippen LogP contribution < -0.4 is 11.1 Å². The Hall–Kier alpha value is -2.15. The van der Waals surface area contributed by atoms with E-state index >= 15 is 0 Å². The number of amides is 2. The number of nitrogens with zero attached hydrogens (tertiary/aromatic N) is 2. The van der Waals surface area contributed by atoms with Gasteiger partial charge in [0.05, 0.1) is 31.5 Å². The molecule has 0 aliphatic carbocycles. The van der Waals surface area contributed by atoms with Crippen molar-refractivity contribution in [2.45, 2.75) is 19.4 Å². The minimum Gasteiger partial charge on any atom is -0.397 e. The molecular weight excluding hydrogens is 272 g/mol. The van der Waals surface area contributed by atoms with Crippen molar-refractivity contribution < 1.29 is 14.3 Å². The van der Waals surface area contributed by atoms with Gasteiger partial charge in [0.1, 0.15) is 6.04 Å². The summed E-state index contributed by atoms with van der Waals surface area (Å²) in [6.07, 6.45) is 1.63. The zero-order valence-electron chi connectivity index (χ0n) is 12.0. The van der Waals surface area contributed by atoms with E-state index in [-0.39, 0.29) is 18.2 Å². The normalized spacial score (nSPS) is 16.3. The molecule has 3 N–H and O–H groups in total. The molecule has 1 saturated heterocycles. The van der Waals surface area contributed by atoms with Crippen molar-refractivity contribution in [3.63, 3.8) is 0 Å². The van der Waals surface area contributed by atoms with Crippen molar-refractivity contribution in [2.24, 2.45) is 0 Å². The van der Waals surface area contributed by atoms with Gasteiger partial charge in [0.2, 0.25) is 11.8 Å². The van der Waals surface area contributed by atoms with E-state index < -0.39 is 6.04 Å². The van der Waals surface area contributed by atoms with Crippen LogP contribution in [-0.2, 0) is 20.7 Å². The molecule has 0 bridgehead atoms. The number of morpholine rings is 1. The van der Waals surface area contributed by atoms with Gasteiger partial charge in [-0.3, -0.25) is 14.6 Å². The Morgan fingerprint density at radius 2 is 2.14 bits per heavy atom. The third-order valence-corrected chi connectivity index (χ3v) is 3.26. The summed E-state index contributed by atoms with van der Waals surface area (Å²) in [5.41, 5.74) is 6.71. The van der Waals surface area contributed by atoms with Crippen LogP contribution in [0.3, 0.4) is 0 Å². The van der Waals surface area contributed by atoms with Crippen LogP contribution in [0.5, 0.6) is 0 Å². The molecule has 0 radical (unpaired) electrons.